The van der Waals surface area contributed by atoms with Crippen LogP contribution < -0.4 is 10.6 Å². The molecule has 0 saturated carbocycles. The highest BCUT2D eigenvalue weighted by atomic mass is 16.3. The predicted octanol–water partition coefficient (Wildman–Crippen LogP) is 2.07. The summed E-state index contributed by atoms with van der Waals surface area (Å²) in [4.78, 5) is 2.45. The van der Waals surface area contributed by atoms with E-state index in [2.05, 4.69) is 30.0 Å². The zero-order valence-electron chi connectivity index (χ0n) is 10.3. The van der Waals surface area contributed by atoms with Crippen LogP contribution in [0.2, 0.25) is 0 Å². The Morgan fingerprint density at radius 3 is 2.53 bits per heavy atom. The van der Waals surface area contributed by atoms with Gasteiger partial charge in [0.1, 0.15) is 0 Å². The Hall–Kier alpha value is -1.22. The van der Waals surface area contributed by atoms with Crippen LogP contribution in [0.1, 0.15) is 31.2 Å². The van der Waals surface area contributed by atoms with Crippen LogP contribution in [0.15, 0.2) is 18.2 Å². The average Bonchev–Trinajstić information content (AvgIpc) is 2.55. The van der Waals surface area contributed by atoms with E-state index in [9.17, 15) is 5.11 Å². The van der Waals surface area contributed by atoms with Gasteiger partial charge in [-0.3, -0.25) is 0 Å². The SMILES string of the molecule is Cc1cccc(N2C3CCC2CC(O)C3)c1N. The van der Waals surface area contributed by atoms with Crippen LogP contribution in [0, 0.1) is 6.92 Å². The average molecular weight is 232 g/mol. The summed E-state index contributed by atoms with van der Waals surface area (Å²) in [6.07, 6.45) is 4.05. The van der Waals surface area contributed by atoms with Gasteiger partial charge in [-0.15, -0.1) is 0 Å². The highest BCUT2D eigenvalue weighted by Crippen LogP contribution is 2.41. The molecule has 2 saturated heterocycles. The fourth-order valence-corrected chi connectivity index (χ4v) is 3.43. The van der Waals surface area contributed by atoms with Crippen molar-refractivity contribution in [2.45, 2.75) is 50.8 Å². The van der Waals surface area contributed by atoms with Gasteiger partial charge < -0.3 is 15.7 Å². The highest BCUT2D eigenvalue weighted by molar-refractivity contribution is 5.72. The first-order valence-corrected chi connectivity index (χ1v) is 6.48. The minimum absolute atomic E-state index is 0.116. The number of benzene rings is 1. The van der Waals surface area contributed by atoms with Crippen molar-refractivity contribution in [1.82, 2.24) is 0 Å². The molecule has 2 bridgehead atoms. The second-order valence-corrected chi connectivity index (χ2v) is 5.43. The van der Waals surface area contributed by atoms with Gasteiger partial charge >= 0.3 is 0 Å². The summed E-state index contributed by atoms with van der Waals surface area (Å²) in [5.74, 6) is 0. The molecule has 2 heterocycles. The number of aryl methyl sites for hydroxylation is 1. The predicted molar refractivity (Wildman–Crippen MR) is 70.1 cm³/mol. The van der Waals surface area contributed by atoms with Crippen molar-refractivity contribution in [2.75, 3.05) is 10.6 Å². The first kappa shape index (κ1) is 10.9. The van der Waals surface area contributed by atoms with E-state index in [1.54, 1.807) is 0 Å². The van der Waals surface area contributed by atoms with Gasteiger partial charge in [-0.25, -0.2) is 0 Å². The number of aliphatic hydroxyl groups excluding tert-OH is 1. The molecule has 1 aromatic rings. The van der Waals surface area contributed by atoms with Gasteiger partial charge in [0.15, 0.2) is 0 Å². The van der Waals surface area contributed by atoms with Crippen LogP contribution in [-0.2, 0) is 0 Å². The molecule has 1 aromatic carbocycles. The van der Waals surface area contributed by atoms with E-state index in [1.807, 2.05) is 0 Å². The molecule has 3 N–H and O–H groups in total. The molecule has 0 amide bonds. The zero-order chi connectivity index (χ0) is 12.0. The minimum Gasteiger partial charge on any atom is -0.397 e. The summed E-state index contributed by atoms with van der Waals surface area (Å²) in [6.45, 7) is 2.06. The van der Waals surface area contributed by atoms with Gasteiger partial charge in [0.2, 0.25) is 0 Å². The maximum atomic E-state index is 9.82. The lowest BCUT2D eigenvalue weighted by Crippen LogP contribution is -2.45. The number of nitrogens with zero attached hydrogens (tertiary/aromatic N) is 1. The Balaban J connectivity index is 1.97. The van der Waals surface area contributed by atoms with Crippen LogP contribution in [0.25, 0.3) is 0 Å². The van der Waals surface area contributed by atoms with Crippen molar-refractivity contribution < 1.29 is 5.11 Å². The smallest absolute Gasteiger partial charge is 0.0607 e. The van der Waals surface area contributed by atoms with Gasteiger partial charge in [0.25, 0.3) is 0 Å². The Labute approximate surface area is 102 Å². The first-order chi connectivity index (χ1) is 8.16. The highest BCUT2D eigenvalue weighted by Gasteiger charge is 2.40. The molecular weight excluding hydrogens is 212 g/mol. The molecule has 0 spiro atoms. The lowest BCUT2D eigenvalue weighted by Gasteiger charge is -2.39. The summed E-state index contributed by atoms with van der Waals surface area (Å²) < 4.78 is 0. The second-order valence-electron chi connectivity index (χ2n) is 5.43. The van der Waals surface area contributed by atoms with E-state index in [-0.39, 0.29) is 6.10 Å². The number of fused-ring (bicyclic) bond motifs is 2. The van der Waals surface area contributed by atoms with E-state index >= 15 is 0 Å². The van der Waals surface area contributed by atoms with Crippen LogP contribution in [0.4, 0.5) is 11.4 Å². The molecule has 2 aliphatic rings. The minimum atomic E-state index is -0.116. The van der Waals surface area contributed by atoms with Crippen molar-refractivity contribution in [3.8, 4) is 0 Å². The lowest BCUT2D eigenvalue weighted by molar-refractivity contribution is 0.126. The number of rotatable bonds is 1. The standard InChI is InChI=1S/C14H20N2O/c1-9-3-2-4-13(14(9)15)16-10-5-6-11(16)8-12(17)7-10/h2-4,10-12,17H,5-8,15H2,1H3. The van der Waals surface area contributed by atoms with Crippen LogP contribution in [0.5, 0.6) is 0 Å². The number of hydrogen-bond donors (Lipinski definition) is 2. The molecule has 92 valence electrons. The topological polar surface area (TPSA) is 49.5 Å². The summed E-state index contributed by atoms with van der Waals surface area (Å²) in [6, 6.07) is 7.21. The number of piperidine rings is 1. The van der Waals surface area contributed by atoms with Gasteiger partial charge in [-0.1, -0.05) is 12.1 Å². The summed E-state index contributed by atoms with van der Waals surface area (Å²) >= 11 is 0. The molecule has 2 fully saturated rings. The summed E-state index contributed by atoms with van der Waals surface area (Å²) in [7, 11) is 0. The number of para-hydroxylation sites is 1. The van der Waals surface area contributed by atoms with Gasteiger partial charge in [-0.2, -0.15) is 0 Å². The van der Waals surface area contributed by atoms with Crippen LogP contribution in [0.3, 0.4) is 0 Å². The second kappa shape index (κ2) is 3.91. The Bertz CT molecular complexity index is 418. The Morgan fingerprint density at radius 1 is 1.24 bits per heavy atom. The molecule has 2 aliphatic heterocycles. The molecule has 2 atom stereocenters. The molecule has 0 aromatic heterocycles. The normalized spacial score (nSPS) is 31.9. The lowest BCUT2D eigenvalue weighted by atomic mass is 9.98. The third-order valence-electron chi connectivity index (χ3n) is 4.29. The molecule has 0 aliphatic carbocycles. The van der Waals surface area contributed by atoms with E-state index in [0.717, 1.165) is 24.1 Å². The van der Waals surface area contributed by atoms with Crippen molar-refractivity contribution in [2.24, 2.45) is 0 Å². The van der Waals surface area contributed by atoms with Gasteiger partial charge in [0.05, 0.1) is 17.5 Å². The number of nitrogen functional groups attached to an aromatic ring is 1. The third kappa shape index (κ3) is 1.69. The third-order valence-corrected chi connectivity index (χ3v) is 4.29. The molecular formula is C14H20N2O. The Kier molecular flexibility index (Phi) is 2.51. The van der Waals surface area contributed by atoms with Gasteiger partial charge in [-0.05, 0) is 44.2 Å². The quantitative estimate of drug-likeness (QED) is 0.729. The number of nitrogens with two attached hydrogens (primary N) is 1. The first-order valence-electron chi connectivity index (χ1n) is 6.48. The summed E-state index contributed by atoms with van der Waals surface area (Å²) in [5, 5.41) is 9.82. The number of hydrogen-bond acceptors (Lipinski definition) is 3. The van der Waals surface area contributed by atoms with Crippen LogP contribution >= 0.6 is 0 Å². The molecule has 17 heavy (non-hydrogen) atoms. The van der Waals surface area contributed by atoms with E-state index < -0.39 is 0 Å². The van der Waals surface area contributed by atoms with Gasteiger partial charge in [0, 0.05) is 12.1 Å². The van der Waals surface area contributed by atoms with Crippen molar-refractivity contribution >= 4 is 11.4 Å². The maximum Gasteiger partial charge on any atom is 0.0607 e. The van der Waals surface area contributed by atoms with E-state index in [0.29, 0.717) is 12.1 Å². The Morgan fingerprint density at radius 2 is 1.88 bits per heavy atom. The van der Waals surface area contributed by atoms with Crippen molar-refractivity contribution in [3.05, 3.63) is 23.8 Å². The molecule has 3 rings (SSSR count). The summed E-state index contributed by atoms with van der Waals surface area (Å²) in [5.41, 5.74) is 9.42. The van der Waals surface area contributed by atoms with Crippen molar-refractivity contribution in [3.63, 3.8) is 0 Å². The molecule has 3 nitrogen and oxygen atoms in total. The fourth-order valence-electron chi connectivity index (χ4n) is 3.43. The maximum absolute atomic E-state index is 9.82. The largest absolute Gasteiger partial charge is 0.397 e. The van der Waals surface area contributed by atoms with Crippen LogP contribution in [-0.4, -0.2) is 23.3 Å². The molecule has 0 radical (unpaired) electrons. The number of anilines is 2. The van der Waals surface area contributed by atoms with E-state index in [1.165, 1.54) is 18.5 Å². The number of aliphatic hydroxyl groups is 1. The van der Waals surface area contributed by atoms with E-state index in [4.69, 9.17) is 5.73 Å². The molecule has 3 heteroatoms. The zero-order valence-corrected chi connectivity index (χ0v) is 10.3. The molecule has 2 unspecified atom stereocenters. The monoisotopic (exact) mass is 232 g/mol. The van der Waals surface area contributed by atoms with Crippen molar-refractivity contribution in [1.29, 1.82) is 0 Å². The fraction of sp³-hybridized carbons (Fsp3) is 0.571.